The van der Waals surface area contributed by atoms with Crippen molar-refractivity contribution in [2.75, 3.05) is 0 Å². The maximum absolute atomic E-state index is 9.87. The Labute approximate surface area is 196 Å². The molecular weight excluding hydrogens is 468 g/mol. The Hall–Kier alpha value is -2.34. The normalized spacial score (nSPS) is 11.2. The van der Waals surface area contributed by atoms with Gasteiger partial charge in [0.2, 0.25) is 0 Å². The van der Waals surface area contributed by atoms with Crippen LogP contribution in [-0.2, 0) is 18.9 Å². The van der Waals surface area contributed by atoms with Gasteiger partial charge in [0.25, 0.3) is 0 Å². The summed E-state index contributed by atoms with van der Waals surface area (Å²) in [6, 6.07) is 29.7. The van der Waals surface area contributed by atoms with Gasteiger partial charge in [-0.1, -0.05) is 100 Å². The molecule has 4 aromatic rings. The van der Waals surface area contributed by atoms with Crippen molar-refractivity contribution in [3.8, 4) is 0 Å². The molecule has 0 amide bonds. The monoisotopic (exact) mass is 492 g/mol. The van der Waals surface area contributed by atoms with Crippen molar-refractivity contribution in [1.29, 1.82) is 0 Å². The fourth-order valence-corrected chi connectivity index (χ4v) is 5.00. The predicted octanol–water partition coefficient (Wildman–Crippen LogP) is 6.65. The molecule has 0 aliphatic rings. The number of hydrogen-bond donors (Lipinski definition) is 1. The molecule has 0 atom stereocenters. The maximum atomic E-state index is 9.87. The Kier molecular flexibility index (Phi) is 7.62. The van der Waals surface area contributed by atoms with Gasteiger partial charge in [-0.05, 0) is 35.2 Å². The maximum Gasteiger partial charge on any atom is 0.168 e. The zero-order valence-corrected chi connectivity index (χ0v) is 19.6. The molecule has 0 spiro atoms. The standard InChI is InChI=1S/C26H25BrN2OS/c27-23-13-11-20(12-14-23)19-31-26-28-17-24(18-30)29(26)16-15-25(21-7-3-1-4-8-21)22-9-5-2-6-10-22/h1-14,17,25,30H,15-16,18-19H2. The minimum atomic E-state index is -0.00676. The summed E-state index contributed by atoms with van der Waals surface area (Å²) in [4.78, 5) is 4.60. The summed E-state index contributed by atoms with van der Waals surface area (Å²) in [7, 11) is 0. The Balaban J connectivity index is 1.53. The molecule has 0 fully saturated rings. The molecule has 0 bridgehead atoms. The number of aromatic nitrogens is 2. The van der Waals surface area contributed by atoms with Crippen LogP contribution in [0.2, 0.25) is 0 Å². The van der Waals surface area contributed by atoms with E-state index in [4.69, 9.17) is 0 Å². The van der Waals surface area contributed by atoms with E-state index in [-0.39, 0.29) is 6.61 Å². The summed E-state index contributed by atoms with van der Waals surface area (Å²) in [5.74, 6) is 1.14. The van der Waals surface area contributed by atoms with Crippen LogP contribution in [0, 0.1) is 0 Å². The van der Waals surface area contributed by atoms with Crippen molar-refractivity contribution < 1.29 is 5.11 Å². The first-order valence-electron chi connectivity index (χ1n) is 10.4. The van der Waals surface area contributed by atoms with Gasteiger partial charge in [-0.15, -0.1) is 0 Å². The third-order valence-corrected chi connectivity index (χ3v) is 6.98. The van der Waals surface area contributed by atoms with Gasteiger partial charge in [0.05, 0.1) is 18.5 Å². The summed E-state index contributed by atoms with van der Waals surface area (Å²) < 4.78 is 3.25. The van der Waals surface area contributed by atoms with E-state index in [1.807, 2.05) is 0 Å². The first-order valence-corrected chi connectivity index (χ1v) is 12.1. The van der Waals surface area contributed by atoms with Crippen molar-refractivity contribution in [1.82, 2.24) is 9.55 Å². The molecule has 0 radical (unpaired) electrons. The van der Waals surface area contributed by atoms with Crippen molar-refractivity contribution in [2.45, 2.75) is 36.4 Å². The van der Waals surface area contributed by atoms with Crippen molar-refractivity contribution >= 4 is 27.7 Å². The summed E-state index contributed by atoms with van der Waals surface area (Å²) >= 11 is 5.20. The number of imidazole rings is 1. The second-order valence-electron chi connectivity index (χ2n) is 7.42. The fraction of sp³-hybridized carbons (Fsp3) is 0.192. The lowest BCUT2D eigenvalue weighted by molar-refractivity contribution is 0.268. The number of benzene rings is 3. The van der Waals surface area contributed by atoms with Gasteiger partial charge < -0.3 is 9.67 Å². The van der Waals surface area contributed by atoms with Crippen LogP contribution in [-0.4, -0.2) is 14.7 Å². The van der Waals surface area contributed by atoms with Gasteiger partial charge in [0, 0.05) is 22.7 Å². The van der Waals surface area contributed by atoms with Crippen LogP contribution in [0.3, 0.4) is 0 Å². The largest absolute Gasteiger partial charge is 0.390 e. The highest BCUT2D eigenvalue weighted by Crippen LogP contribution is 2.30. The first kappa shape index (κ1) is 21.9. The number of aliphatic hydroxyl groups is 1. The average Bonchev–Trinajstić information content (AvgIpc) is 3.22. The Morgan fingerprint density at radius 2 is 1.48 bits per heavy atom. The van der Waals surface area contributed by atoms with Gasteiger partial charge in [0.15, 0.2) is 5.16 Å². The molecule has 158 valence electrons. The molecule has 0 aliphatic carbocycles. The van der Waals surface area contributed by atoms with Crippen LogP contribution in [0.15, 0.2) is 101 Å². The molecule has 1 heterocycles. The lowest BCUT2D eigenvalue weighted by atomic mass is 9.88. The highest BCUT2D eigenvalue weighted by molar-refractivity contribution is 9.10. The molecule has 31 heavy (non-hydrogen) atoms. The van der Waals surface area contributed by atoms with Crippen molar-refractivity contribution in [2.24, 2.45) is 0 Å². The van der Waals surface area contributed by atoms with E-state index < -0.39 is 0 Å². The highest BCUT2D eigenvalue weighted by atomic mass is 79.9. The van der Waals surface area contributed by atoms with Crippen LogP contribution >= 0.6 is 27.7 Å². The molecule has 0 saturated carbocycles. The van der Waals surface area contributed by atoms with E-state index in [1.54, 1.807) is 18.0 Å². The molecule has 3 nitrogen and oxygen atoms in total. The molecule has 0 aliphatic heterocycles. The van der Waals surface area contributed by atoms with Gasteiger partial charge in [-0.25, -0.2) is 4.98 Å². The highest BCUT2D eigenvalue weighted by Gasteiger charge is 2.17. The van der Waals surface area contributed by atoms with E-state index in [1.165, 1.54) is 16.7 Å². The Bertz CT molecular complexity index is 1040. The smallest absolute Gasteiger partial charge is 0.168 e. The van der Waals surface area contributed by atoms with E-state index >= 15 is 0 Å². The van der Waals surface area contributed by atoms with E-state index in [0.717, 1.165) is 34.0 Å². The molecule has 5 heteroatoms. The lowest BCUT2D eigenvalue weighted by Gasteiger charge is -2.20. The third-order valence-electron chi connectivity index (χ3n) is 5.39. The molecule has 3 aromatic carbocycles. The third kappa shape index (κ3) is 5.67. The zero-order valence-electron chi connectivity index (χ0n) is 17.2. The van der Waals surface area contributed by atoms with Gasteiger partial charge in [-0.2, -0.15) is 0 Å². The van der Waals surface area contributed by atoms with Crippen LogP contribution in [0.25, 0.3) is 0 Å². The molecule has 1 N–H and O–H groups in total. The van der Waals surface area contributed by atoms with Crippen molar-refractivity contribution in [3.63, 3.8) is 0 Å². The molecule has 1 aromatic heterocycles. The number of halogens is 1. The zero-order chi connectivity index (χ0) is 21.5. The molecule has 0 saturated heterocycles. The summed E-state index contributed by atoms with van der Waals surface area (Å²) in [6.45, 7) is 0.792. The number of nitrogens with zero attached hydrogens (tertiary/aromatic N) is 2. The quantitative estimate of drug-likeness (QED) is 0.265. The van der Waals surface area contributed by atoms with E-state index in [0.29, 0.717) is 5.92 Å². The van der Waals surface area contributed by atoms with E-state index in [2.05, 4.69) is 110 Å². The second kappa shape index (κ2) is 10.8. The molecule has 0 unspecified atom stereocenters. The minimum Gasteiger partial charge on any atom is -0.390 e. The fourth-order valence-electron chi connectivity index (χ4n) is 3.76. The second-order valence-corrected chi connectivity index (χ2v) is 9.28. The first-order chi connectivity index (χ1) is 15.2. The average molecular weight is 493 g/mol. The number of aliphatic hydroxyl groups excluding tert-OH is 1. The van der Waals surface area contributed by atoms with E-state index in [9.17, 15) is 5.11 Å². The van der Waals surface area contributed by atoms with Crippen LogP contribution in [0.4, 0.5) is 0 Å². The minimum absolute atomic E-state index is 0.00676. The van der Waals surface area contributed by atoms with Crippen molar-refractivity contribution in [3.05, 3.63) is 118 Å². The van der Waals surface area contributed by atoms with Gasteiger partial charge >= 0.3 is 0 Å². The lowest BCUT2D eigenvalue weighted by Crippen LogP contribution is -2.10. The summed E-state index contributed by atoms with van der Waals surface area (Å²) in [5, 5.41) is 10.8. The Morgan fingerprint density at radius 1 is 0.871 bits per heavy atom. The SMILES string of the molecule is OCc1cnc(SCc2ccc(Br)cc2)n1CCC(c1ccccc1)c1ccccc1. The summed E-state index contributed by atoms with van der Waals surface area (Å²) in [5.41, 5.74) is 4.73. The predicted molar refractivity (Wildman–Crippen MR) is 131 cm³/mol. The number of rotatable bonds is 9. The number of hydrogen-bond acceptors (Lipinski definition) is 3. The summed E-state index contributed by atoms with van der Waals surface area (Å²) in [6.07, 6.45) is 2.73. The topological polar surface area (TPSA) is 38.1 Å². The van der Waals surface area contributed by atoms with Gasteiger partial charge in [0.1, 0.15) is 0 Å². The van der Waals surface area contributed by atoms with Crippen LogP contribution < -0.4 is 0 Å². The molecule has 4 rings (SSSR count). The van der Waals surface area contributed by atoms with Crippen LogP contribution in [0.5, 0.6) is 0 Å². The van der Waals surface area contributed by atoms with Crippen LogP contribution in [0.1, 0.15) is 34.7 Å². The van der Waals surface area contributed by atoms with Gasteiger partial charge in [-0.3, -0.25) is 0 Å². The number of thioether (sulfide) groups is 1. The Morgan fingerprint density at radius 3 is 2.06 bits per heavy atom. The molecular formula is C26H25BrN2OS.